The van der Waals surface area contributed by atoms with Crippen molar-refractivity contribution in [3.8, 4) is 10.7 Å². The van der Waals surface area contributed by atoms with Crippen molar-refractivity contribution in [1.82, 2.24) is 19.9 Å². The monoisotopic (exact) mass is 302 g/mol. The summed E-state index contributed by atoms with van der Waals surface area (Å²) in [6.45, 7) is 0. The number of nitrogens with one attached hydrogen (secondary N) is 3. The normalized spacial score (nSPS) is 15.0. The predicted molar refractivity (Wildman–Crippen MR) is 81.9 cm³/mol. The van der Waals surface area contributed by atoms with Crippen LogP contribution in [0.15, 0.2) is 15.7 Å². The molecule has 7 heteroatoms. The Bertz CT molecular complexity index is 907. The van der Waals surface area contributed by atoms with E-state index >= 15 is 0 Å². The molecule has 0 unspecified atom stereocenters. The molecule has 3 aromatic heterocycles. The summed E-state index contributed by atoms with van der Waals surface area (Å²) in [5.74, 6) is 0.649. The van der Waals surface area contributed by atoms with Crippen LogP contribution < -0.4 is 11.2 Å². The Hall–Kier alpha value is -2.15. The van der Waals surface area contributed by atoms with Gasteiger partial charge in [-0.15, -0.1) is 11.3 Å². The first-order valence-corrected chi connectivity index (χ1v) is 7.86. The van der Waals surface area contributed by atoms with E-state index in [0.29, 0.717) is 17.0 Å². The van der Waals surface area contributed by atoms with Gasteiger partial charge in [0.2, 0.25) is 0 Å². The zero-order chi connectivity index (χ0) is 14.4. The number of aromatic amines is 3. The molecule has 0 fully saturated rings. The second-order valence-corrected chi connectivity index (χ2v) is 6.47. The Balaban J connectivity index is 1.85. The number of aryl methyl sites for hydroxylation is 2. The highest BCUT2D eigenvalue weighted by atomic mass is 32.1. The van der Waals surface area contributed by atoms with Gasteiger partial charge >= 0.3 is 5.69 Å². The van der Waals surface area contributed by atoms with Crippen molar-refractivity contribution in [1.29, 1.82) is 0 Å². The van der Waals surface area contributed by atoms with Gasteiger partial charge in [-0.1, -0.05) is 6.42 Å². The molecule has 108 valence electrons. The Morgan fingerprint density at radius 2 is 1.90 bits per heavy atom. The molecule has 1 aliphatic carbocycles. The molecule has 0 saturated carbocycles. The molecule has 1 aliphatic rings. The van der Waals surface area contributed by atoms with Crippen molar-refractivity contribution >= 4 is 22.5 Å². The van der Waals surface area contributed by atoms with Crippen LogP contribution in [-0.4, -0.2) is 19.9 Å². The summed E-state index contributed by atoms with van der Waals surface area (Å²) >= 11 is 1.73. The predicted octanol–water partition coefficient (Wildman–Crippen LogP) is 1.94. The number of aromatic nitrogens is 4. The molecule has 0 bridgehead atoms. The molecule has 0 aliphatic heterocycles. The number of hydrogen-bond donors (Lipinski definition) is 3. The van der Waals surface area contributed by atoms with Crippen LogP contribution in [-0.2, 0) is 12.8 Å². The summed E-state index contributed by atoms with van der Waals surface area (Å²) in [5.41, 5.74) is 1.05. The number of thiophene rings is 1. The lowest BCUT2D eigenvalue weighted by molar-refractivity contribution is 0.713. The quantitative estimate of drug-likeness (QED) is 0.599. The zero-order valence-corrected chi connectivity index (χ0v) is 12.1. The van der Waals surface area contributed by atoms with Crippen molar-refractivity contribution < 1.29 is 0 Å². The summed E-state index contributed by atoms with van der Waals surface area (Å²) < 4.78 is 0. The average Bonchev–Trinajstić information content (AvgIpc) is 2.98. The molecular weight excluding hydrogens is 288 g/mol. The standard InChI is InChI=1S/C14H14N4O2S/c19-13-10-12(17-14(20)18-13)16-11(15-10)9-6-7-4-2-1-3-5-8(7)21-9/h6H,1-5H2,(H3,15,16,17,18,19,20). The lowest BCUT2D eigenvalue weighted by atomic mass is 10.1. The van der Waals surface area contributed by atoms with Crippen LogP contribution in [0, 0.1) is 0 Å². The van der Waals surface area contributed by atoms with Crippen LogP contribution in [0.3, 0.4) is 0 Å². The molecule has 0 aromatic carbocycles. The van der Waals surface area contributed by atoms with Crippen molar-refractivity contribution in [2.24, 2.45) is 0 Å². The second-order valence-electron chi connectivity index (χ2n) is 5.34. The molecule has 3 N–H and O–H groups in total. The topological polar surface area (TPSA) is 94.4 Å². The molecule has 0 amide bonds. The molecule has 4 rings (SSSR count). The molecule has 0 radical (unpaired) electrons. The molecule has 0 atom stereocenters. The Labute approximate surface area is 123 Å². The van der Waals surface area contributed by atoms with E-state index in [2.05, 4.69) is 26.0 Å². The van der Waals surface area contributed by atoms with Crippen LogP contribution >= 0.6 is 11.3 Å². The fourth-order valence-electron chi connectivity index (χ4n) is 2.83. The molecule has 0 spiro atoms. The number of nitrogens with zero attached hydrogens (tertiary/aromatic N) is 1. The number of rotatable bonds is 1. The maximum atomic E-state index is 11.7. The van der Waals surface area contributed by atoms with Crippen molar-refractivity contribution in [3.63, 3.8) is 0 Å². The maximum Gasteiger partial charge on any atom is 0.327 e. The summed E-state index contributed by atoms with van der Waals surface area (Å²) in [6, 6.07) is 2.16. The van der Waals surface area contributed by atoms with Crippen molar-refractivity contribution in [2.75, 3.05) is 0 Å². The number of hydrogen-bond acceptors (Lipinski definition) is 4. The van der Waals surface area contributed by atoms with E-state index < -0.39 is 11.2 Å². The van der Waals surface area contributed by atoms with Gasteiger partial charge in [-0.05, 0) is 37.3 Å². The smallest absolute Gasteiger partial charge is 0.327 e. The lowest BCUT2D eigenvalue weighted by Gasteiger charge is -1.92. The fourth-order valence-corrected chi connectivity index (χ4v) is 4.03. The van der Waals surface area contributed by atoms with Gasteiger partial charge in [-0.2, -0.15) is 0 Å². The van der Waals surface area contributed by atoms with Crippen LogP contribution in [0.4, 0.5) is 0 Å². The highest BCUT2D eigenvalue weighted by molar-refractivity contribution is 7.15. The van der Waals surface area contributed by atoms with E-state index in [9.17, 15) is 9.59 Å². The number of H-pyrrole nitrogens is 3. The highest BCUT2D eigenvalue weighted by Crippen LogP contribution is 2.34. The minimum atomic E-state index is -0.535. The van der Waals surface area contributed by atoms with Crippen LogP contribution in [0.2, 0.25) is 0 Å². The number of fused-ring (bicyclic) bond motifs is 2. The minimum Gasteiger partial charge on any atom is -0.331 e. The van der Waals surface area contributed by atoms with E-state index in [1.807, 2.05) is 0 Å². The third-order valence-corrected chi connectivity index (χ3v) is 5.11. The molecule has 3 heterocycles. The molecule has 0 saturated heterocycles. The molecule has 3 aromatic rings. The summed E-state index contributed by atoms with van der Waals surface area (Å²) in [5, 5.41) is 0. The van der Waals surface area contributed by atoms with E-state index in [4.69, 9.17) is 0 Å². The summed E-state index contributed by atoms with van der Waals surface area (Å²) in [7, 11) is 0. The molecular formula is C14H14N4O2S. The lowest BCUT2D eigenvalue weighted by Crippen LogP contribution is -2.21. The Morgan fingerprint density at radius 1 is 1.05 bits per heavy atom. The van der Waals surface area contributed by atoms with Gasteiger partial charge in [0.25, 0.3) is 5.56 Å². The first kappa shape index (κ1) is 12.6. The highest BCUT2D eigenvalue weighted by Gasteiger charge is 2.16. The van der Waals surface area contributed by atoms with Gasteiger partial charge in [0.05, 0.1) is 4.88 Å². The van der Waals surface area contributed by atoms with Crippen LogP contribution in [0.5, 0.6) is 0 Å². The third-order valence-electron chi connectivity index (χ3n) is 3.87. The SMILES string of the molecule is O=c1[nH]c(=O)c2[nH]c(-c3cc4c(s3)CCCCC4)nc2[nH]1. The van der Waals surface area contributed by atoms with Gasteiger partial charge in [0, 0.05) is 4.88 Å². The van der Waals surface area contributed by atoms with E-state index in [0.717, 1.165) is 17.7 Å². The largest absolute Gasteiger partial charge is 0.331 e. The third kappa shape index (κ3) is 2.13. The van der Waals surface area contributed by atoms with Crippen LogP contribution in [0.25, 0.3) is 21.9 Å². The minimum absolute atomic E-state index is 0.308. The van der Waals surface area contributed by atoms with Crippen molar-refractivity contribution in [3.05, 3.63) is 37.3 Å². The van der Waals surface area contributed by atoms with Crippen LogP contribution in [0.1, 0.15) is 29.7 Å². The zero-order valence-electron chi connectivity index (χ0n) is 11.3. The van der Waals surface area contributed by atoms with Gasteiger partial charge in [0.15, 0.2) is 11.5 Å². The summed E-state index contributed by atoms with van der Waals surface area (Å²) in [6.07, 6.45) is 6.00. The second kappa shape index (κ2) is 4.70. The van der Waals surface area contributed by atoms with Gasteiger partial charge in [-0.25, -0.2) is 9.78 Å². The summed E-state index contributed by atoms with van der Waals surface area (Å²) in [4.78, 5) is 37.6. The van der Waals surface area contributed by atoms with Gasteiger partial charge in [-0.3, -0.25) is 14.8 Å². The molecule has 21 heavy (non-hydrogen) atoms. The Morgan fingerprint density at radius 3 is 2.81 bits per heavy atom. The number of imidazole rings is 1. The first-order chi connectivity index (χ1) is 10.2. The molecule has 6 nitrogen and oxygen atoms in total. The Kier molecular flexibility index (Phi) is 2.81. The van der Waals surface area contributed by atoms with E-state index in [1.54, 1.807) is 11.3 Å². The first-order valence-electron chi connectivity index (χ1n) is 7.05. The maximum absolute atomic E-state index is 11.7. The van der Waals surface area contributed by atoms with E-state index in [-0.39, 0.29) is 0 Å². The van der Waals surface area contributed by atoms with Gasteiger partial charge in [0.1, 0.15) is 5.52 Å². The van der Waals surface area contributed by atoms with Crippen molar-refractivity contribution in [2.45, 2.75) is 32.1 Å². The average molecular weight is 302 g/mol. The van der Waals surface area contributed by atoms with Gasteiger partial charge < -0.3 is 4.98 Å². The van der Waals surface area contributed by atoms with E-state index in [1.165, 1.54) is 29.7 Å². The fraction of sp³-hybridized carbons (Fsp3) is 0.357.